The first kappa shape index (κ1) is 17.4. The van der Waals surface area contributed by atoms with Crippen molar-refractivity contribution in [2.24, 2.45) is 0 Å². The SMILES string of the molecule is CCC(C)N(CCOC)C(=O)CCCNC(C)C. The fourth-order valence-corrected chi connectivity index (χ4v) is 1.77. The van der Waals surface area contributed by atoms with Crippen LogP contribution >= 0.6 is 0 Å². The smallest absolute Gasteiger partial charge is 0.222 e. The molecule has 0 spiro atoms. The van der Waals surface area contributed by atoms with Crippen LogP contribution < -0.4 is 5.32 Å². The Kier molecular flexibility index (Phi) is 9.98. The highest BCUT2D eigenvalue weighted by molar-refractivity contribution is 5.76. The summed E-state index contributed by atoms with van der Waals surface area (Å²) in [5.41, 5.74) is 0. The van der Waals surface area contributed by atoms with Crippen molar-refractivity contribution in [3.05, 3.63) is 0 Å². The normalized spacial score (nSPS) is 12.8. The van der Waals surface area contributed by atoms with E-state index in [1.807, 2.05) is 4.90 Å². The number of carbonyl (C=O) groups excluding carboxylic acids is 1. The van der Waals surface area contributed by atoms with Crippen molar-refractivity contribution in [1.29, 1.82) is 0 Å². The summed E-state index contributed by atoms with van der Waals surface area (Å²) in [6.07, 6.45) is 2.50. The Morgan fingerprint density at radius 1 is 1.33 bits per heavy atom. The molecule has 0 radical (unpaired) electrons. The molecule has 0 aromatic heterocycles. The minimum absolute atomic E-state index is 0.243. The van der Waals surface area contributed by atoms with E-state index >= 15 is 0 Å². The van der Waals surface area contributed by atoms with Crippen molar-refractivity contribution in [2.45, 2.75) is 59.0 Å². The van der Waals surface area contributed by atoms with Crippen molar-refractivity contribution in [1.82, 2.24) is 10.2 Å². The standard InChI is InChI=1S/C14H30N2O2/c1-6-13(4)16(10-11-18-5)14(17)8-7-9-15-12(2)3/h12-13,15H,6-11H2,1-5H3. The Hall–Kier alpha value is -0.610. The van der Waals surface area contributed by atoms with Crippen LogP contribution in [0.4, 0.5) is 0 Å². The minimum Gasteiger partial charge on any atom is -0.383 e. The maximum absolute atomic E-state index is 12.1. The molecule has 18 heavy (non-hydrogen) atoms. The highest BCUT2D eigenvalue weighted by Gasteiger charge is 2.17. The summed E-state index contributed by atoms with van der Waals surface area (Å²) >= 11 is 0. The topological polar surface area (TPSA) is 41.6 Å². The van der Waals surface area contributed by atoms with Crippen LogP contribution in [-0.2, 0) is 9.53 Å². The fourth-order valence-electron chi connectivity index (χ4n) is 1.77. The number of hydrogen-bond acceptors (Lipinski definition) is 3. The fraction of sp³-hybridized carbons (Fsp3) is 0.929. The number of nitrogens with one attached hydrogen (secondary N) is 1. The molecule has 0 saturated carbocycles. The van der Waals surface area contributed by atoms with E-state index in [0.29, 0.717) is 31.7 Å². The zero-order valence-electron chi connectivity index (χ0n) is 12.7. The molecular formula is C14H30N2O2. The van der Waals surface area contributed by atoms with Gasteiger partial charge in [0.15, 0.2) is 0 Å². The first-order valence-electron chi connectivity index (χ1n) is 7.04. The lowest BCUT2D eigenvalue weighted by Crippen LogP contribution is -2.40. The molecule has 0 aromatic rings. The third-order valence-electron chi connectivity index (χ3n) is 3.10. The Labute approximate surface area is 112 Å². The quantitative estimate of drug-likeness (QED) is 0.610. The number of rotatable bonds is 10. The van der Waals surface area contributed by atoms with E-state index in [4.69, 9.17) is 4.74 Å². The molecule has 1 amide bonds. The van der Waals surface area contributed by atoms with Gasteiger partial charge in [-0.2, -0.15) is 0 Å². The Balaban J connectivity index is 4.04. The predicted molar refractivity (Wildman–Crippen MR) is 75.7 cm³/mol. The summed E-state index contributed by atoms with van der Waals surface area (Å²) in [6, 6.07) is 0.782. The molecule has 0 fully saturated rings. The molecule has 1 N–H and O–H groups in total. The van der Waals surface area contributed by atoms with Crippen LogP contribution in [-0.4, -0.2) is 49.7 Å². The summed E-state index contributed by atoms with van der Waals surface area (Å²) < 4.78 is 5.07. The third kappa shape index (κ3) is 7.67. The summed E-state index contributed by atoms with van der Waals surface area (Å²) in [5, 5.41) is 3.33. The lowest BCUT2D eigenvalue weighted by atomic mass is 10.2. The molecule has 0 aliphatic heterocycles. The molecule has 0 aliphatic carbocycles. The number of carbonyl (C=O) groups is 1. The second-order valence-corrected chi connectivity index (χ2v) is 5.05. The molecule has 4 nitrogen and oxygen atoms in total. The molecule has 0 aromatic carbocycles. The summed E-state index contributed by atoms with van der Waals surface area (Å²) in [7, 11) is 1.67. The molecule has 0 bridgehead atoms. The molecule has 0 saturated heterocycles. The largest absolute Gasteiger partial charge is 0.383 e. The van der Waals surface area contributed by atoms with Crippen molar-refractivity contribution < 1.29 is 9.53 Å². The van der Waals surface area contributed by atoms with Crippen LogP contribution in [0.25, 0.3) is 0 Å². The van der Waals surface area contributed by atoms with E-state index in [1.165, 1.54) is 0 Å². The number of ether oxygens (including phenoxy) is 1. The van der Waals surface area contributed by atoms with Gasteiger partial charge in [0.2, 0.25) is 5.91 Å². The van der Waals surface area contributed by atoms with Gasteiger partial charge in [0.05, 0.1) is 6.61 Å². The van der Waals surface area contributed by atoms with Crippen LogP contribution in [0.2, 0.25) is 0 Å². The van der Waals surface area contributed by atoms with Gasteiger partial charge in [-0.1, -0.05) is 20.8 Å². The molecule has 0 rings (SSSR count). The second-order valence-electron chi connectivity index (χ2n) is 5.05. The van der Waals surface area contributed by atoms with E-state index in [1.54, 1.807) is 7.11 Å². The lowest BCUT2D eigenvalue weighted by Gasteiger charge is -2.28. The minimum atomic E-state index is 0.243. The van der Waals surface area contributed by atoms with E-state index in [9.17, 15) is 4.79 Å². The molecule has 0 aliphatic rings. The van der Waals surface area contributed by atoms with Crippen molar-refractivity contribution >= 4 is 5.91 Å². The average Bonchev–Trinajstić information content (AvgIpc) is 2.34. The van der Waals surface area contributed by atoms with Gasteiger partial charge < -0.3 is 15.0 Å². The molecule has 0 heterocycles. The van der Waals surface area contributed by atoms with Gasteiger partial charge in [-0.3, -0.25) is 4.79 Å². The van der Waals surface area contributed by atoms with Crippen LogP contribution in [0.5, 0.6) is 0 Å². The van der Waals surface area contributed by atoms with E-state index in [2.05, 4.69) is 33.0 Å². The van der Waals surface area contributed by atoms with E-state index in [-0.39, 0.29) is 5.91 Å². The van der Waals surface area contributed by atoms with Gasteiger partial charge in [-0.15, -0.1) is 0 Å². The van der Waals surface area contributed by atoms with Crippen LogP contribution in [0.15, 0.2) is 0 Å². The maximum Gasteiger partial charge on any atom is 0.222 e. The average molecular weight is 258 g/mol. The summed E-state index contributed by atoms with van der Waals surface area (Å²) in [4.78, 5) is 14.1. The Morgan fingerprint density at radius 3 is 2.50 bits per heavy atom. The highest BCUT2D eigenvalue weighted by atomic mass is 16.5. The van der Waals surface area contributed by atoms with Gasteiger partial charge in [0.1, 0.15) is 0 Å². The number of nitrogens with zero attached hydrogens (tertiary/aromatic N) is 1. The second kappa shape index (κ2) is 10.3. The van der Waals surface area contributed by atoms with Gasteiger partial charge in [-0.25, -0.2) is 0 Å². The predicted octanol–water partition coefficient (Wildman–Crippen LogP) is 2.04. The van der Waals surface area contributed by atoms with Gasteiger partial charge in [0.25, 0.3) is 0 Å². The number of hydrogen-bond donors (Lipinski definition) is 1. The van der Waals surface area contributed by atoms with Crippen LogP contribution in [0, 0.1) is 0 Å². The number of methoxy groups -OCH3 is 1. The number of amides is 1. The molecule has 1 unspecified atom stereocenters. The maximum atomic E-state index is 12.1. The monoisotopic (exact) mass is 258 g/mol. The van der Waals surface area contributed by atoms with Crippen molar-refractivity contribution in [3.8, 4) is 0 Å². The van der Waals surface area contributed by atoms with Gasteiger partial charge in [0, 0.05) is 32.2 Å². The van der Waals surface area contributed by atoms with E-state index < -0.39 is 0 Å². The highest BCUT2D eigenvalue weighted by Crippen LogP contribution is 2.07. The zero-order valence-corrected chi connectivity index (χ0v) is 12.7. The summed E-state index contributed by atoms with van der Waals surface area (Å²) in [6.45, 7) is 10.7. The summed E-state index contributed by atoms with van der Waals surface area (Å²) in [5.74, 6) is 0.243. The van der Waals surface area contributed by atoms with Crippen molar-refractivity contribution in [2.75, 3.05) is 26.8 Å². The third-order valence-corrected chi connectivity index (χ3v) is 3.10. The van der Waals surface area contributed by atoms with Gasteiger partial charge >= 0.3 is 0 Å². The molecule has 1 atom stereocenters. The first-order valence-corrected chi connectivity index (χ1v) is 7.04. The lowest BCUT2D eigenvalue weighted by molar-refractivity contribution is -0.134. The zero-order chi connectivity index (χ0) is 14.0. The molecule has 4 heteroatoms. The molecule has 108 valence electrons. The van der Waals surface area contributed by atoms with Crippen LogP contribution in [0.3, 0.4) is 0 Å². The first-order chi connectivity index (χ1) is 8.52. The Bertz CT molecular complexity index is 220. The molecular weight excluding hydrogens is 228 g/mol. The van der Waals surface area contributed by atoms with Gasteiger partial charge in [-0.05, 0) is 26.3 Å². The van der Waals surface area contributed by atoms with Crippen LogP contribution in [0.1, 0.15) is 47.0 Å². The van der Waals surface area contributed by atoms with E-state index in [0.717, 1.165) is 19.4 Å². The van der Waals surface area contributed by atoms with Crippen molar-refractivity contribution in [3.63, 3.8) is 0 Å². The Morgan fingerprint density at radius 2 is 2.00 bits per heavy atom.